The van der Waals surface area contributed by atoms with Crippen molar-refractivity contribution in [2.75, 3.05) is 4.72 Å². The average molecular weight is 358 g/mol. The van der Waals surface area contributed by atoms with Crippen molar-refractivity contribution in [3.8, 4) is 0 Å². The molecule has 5 nitrogen and oxygen atoms in total. The summed E-state index contributed by atoms with van der Waals surface area (Å²) in [6.45, 7) is 1.91. The SMILES string of the molecule is Cc1ccc(S(=O)(=O)Nc2ccc(CCC(=O)NC3CC3)cc2)cc1. The van der Waals surface area contributed by atoms with E-state index in [-0.39, 0.29) is 10.8 Å². The van der Waals surface area contributed by atoms with Crippen LogP contribution in [-0.2, 0) is 21.2 Å². The summed E-state index contributed by atoms with van der Waals surface area (Å²) in [4.78, 5) is 11.9. The second kappa shape index (κ2) is 7.27. The second-order valence-corrected chi connectivity index (χ2v) is 8.14. The number of sulfonamides is 1. The van der Waals surface area contributed by atoms with Gasteiger partial charge >= 0.3 is 0 Å². The second-order valence-electron chi connectivity index (χ2n) is 6.46. The van der Waals surface area contributed by atoms with Gasteiger partial charge < -0.3 is 5.32 Å². The van der Waals surface area contributed by atoms with E-state index in [1.165, 1.54) is 0 Å². The molecule has 2 N–H and O–H groups in total. The first kappa shape index (κ1) is 17.5. The fraction of sp³-hybridized carbons (Fsp3) is 0.316. The van der Waals surface area contributed by atoms with Gasteiger partial charge in [0.05, 0.1) is 4.90 Å². The van der Waals surface area contributed by atoms with E-state index in [9.17, 15) is 13.2 Å². The minimum absolute atomic E-state index is 0.0756. The zero-order valence-corrected chi connectivity index (χ0v) is 15.0. The van der Waals surface area contributed by atoms with Crippen molar-refractivity contribution in [3.63, 3.8) is 0 Å². The van der Waals surface area contributed by atoms with E-state index in [1.54, 1.807) is 36.4 Å². The van der Waals surface area contributed by atoms with Crippen molar-refractivity contribution in [2.24, 2.45) is 0 Å². The molecule has 1 fully saturated rings. The molecule has 0 unspecified atom stereocenters. The minimum Gasteiger partial charge on any atom is -0.353 e. The number of anilines is 1. The van der Waals surface area contributed by atoms with E-state index in [0.717, 1.165) is 24.0 Å². The van der Waals surface area contributed by atoms with Gasteiger partial charge in [0.15, 0.2) is 0 Å². The molecule has 0 heterocycles. The Balaban J connectivity index is 1.58. The smallest absolute Gasteiger partial charge is 0.261 e. The van der Waals surface area contributed by atoms with E-state index < -0.39 is 10.0 Å². The van der Waals surface area contributed by atoms with Crippen molar-refractivity contribution in [1.29, 1.82) is 0 Å². The molecule has 1 aliphatic rings. The third kappa shape index (κ3) is 5.06. The Bertz CT molecular complexity index is 839. The third-order valence-corrected chi connectivity index (χ3v) is 5.52. The zero-order valence-electron chi connectivity index (χ0n) is 14.2. The molecule has 0 aromatic heterocycles. The lowest BCUT2D eigenvalue weighted by atomic mass is 10.1. The number of nitrogens with one attached hydrogen (secondary N) is 2. The number of amides is 1. The van der Waals surface area contributed by atoms with Gasteiger partial charge in [-0.25, -0.2) is 8.42 Å². The maximum atomic E-state index is 12.4. The molecule has 1 aliphatic carbocycles. The maximum absolute atomic E-state index is 12.4. The standard InChI is InChI=1S/C19H22N2O3S/c1-14-2-11-18(12-3-14)25(23,24)21-17-7-4-15(5-8-17)6-13-19(22)20-16-9-10-16/h2-5,7-8,11-12,16,21H,6,9-10,13H2,1H3,(H,20,22). The summed E-state index contributed by atoms with van der Waals surface area (Å²) in [5.74, 6) is 0.0756. The minimum atomic E-state index is -3.59. The maximum Gasteiger partial charge on any atom is 0.261 e. The van der Waals surface area contributed by atoms with E-state index in [2.05, 4.69) is 10.0 Å². The molecular weight excluding hydrogens is 336 g/mol. The van der Waals surface area contributed by atoms with Gasteiger partial charge in [-0.05, 0) is 56.0 Å². The molecule has 0 atom stereocenters. The van der Waals surface area contributed by atoms with Crippen LogP contribution in [0.4, 0.5) is 5.69 Å². The van der Waals surface area contributed by atoms with Crippen LogP contribution in [0.2, 0.25) is 0 Å². The van der Waals surface area contributed by atoms with E-state index in [0.29, 0.717) is 24.6 Å². The first-order valence-corrected chi connectivity index (χ1v) is 9.88. The highest BCUT2D eigenvalue weighted by Gasteiger charge is 2.22. The molecule has 132 valence electrons. The predicted molar refractivity (Wildman–Crippen MR) is 97.9 cm³/mol. The Hall–Kier alpha value is -2.34. The molecule has 0 spiro atoms. The van der Waals surface area contributed by atoms with Crippen LogP contribution >= 0.6 is 0 Å². The summed E-state index contributed by atoms with van der Waals surface area (Å²) in [6, 6.07) is 14.2. The summed E-state index contributed by atoms with van der Waals surface area (Å²) in [6.07, 6.45) is 3.26. The van der Waals surface area contributed by atoms with Gasteiger partial charge in [-0.15, -0.1) is 0 Å². The average Bonchev–Trinajstić information content (AvgIpc) is 3.38. The Labute approximate surface area is 148 Å². The molecular formula is C19H22N2O3S. The Kier molecular flexibility index (Phi) is 5.08. The molecule has 0 bridgehead atoms. The van der Waals surface area contributed by atoms with Crippen LogP contribution < -0.4 is 10.0 Å². The fourth-order valence-electron chi connectivity index (χ4n) is 2.46. The van der Waals surface area contributed by atoms with Crippen LogP contribution in [0.15, 0.2) is 53.4 Å². The number of hydrogen-bond donors (Lipinski definition) is 2. The topological polar surface area (TPSA) is 75.3 Å². The molecule has 25 heavy (non-hydrogen) atoms. The summed E-state index contributed by atoms with van der Waals surface area (Å²) in [5, 5.41) is 2.96. The zero-order chi connectivity index (χ0) is 17.9. The Morgan fingerprint density at radius 2 is 1.68 bits per heavy atom. The number of rotatable bonds is 7. The van der Waals surface area contributed by atoms with Gasteiger partial charge in [-0.3, -0.25) is 9.52 Å². The van der Waals surface area contributed by atoms with Crippen molar-refractivity contribution in [3.05, 3.63) is 59.7 Å². The highest BCUT2D eigenvalue weighted by Crippen LogP contribution is 2.20. The van der Waals surface area contributed by atoms with Gasteiger partial charge in [-0.1, -0.05) is 29.8 Å². The first-order chi connectivity index (χ1) is 11.9. The van der Waals surface area contributed by atoms with Crippen LogP contribution in [-0.4, -0.2) is 20.4 Å². The summed E-state index contributed by atoms with van der Waals surface area (Å²) < 4.78 is 27.3. The lowest BCUT2D eigenvalue weighted by Crippen LogP contribution is -2.25. The molecule has 1 saturated carbocycles. The molecule has 0 radical (unpaired) electrons. The number of benzene rings is 2. The molecule has 1 amide bonds. The number of aryl methyl sites for hydroxylation is 2. The number of carbonyl (C=O) groups is 1. The molecule has 0 saturated heterocycles. The van der Waals surface area contributed by atoms with Gasteiger partial charge in [0, 0.05) is 18.2 Å². The van der Waals surface area contributed by atoms with Gasteiger partial charge in [0.2, 0.25) is 5.91 Å². The normalized spacial score (nSPS) is 14.1. The van der Waals surface area contributed by atoms with Crippen molar-refractivity contribution in [2.45, 2.75) is 43.5 Å². The van der Waals surface area contributed by atoms with Crippen LogP contribution in [0.5, 0.6) is 0 Å². The van der Waals surface area contributed by atoms with Crippen molar-refractivity contribution in [1.82, 2.24) is 5.32 Å². The van der Waals surface area contributed by atoms with Crippen LogP contribution in [0, 0.1) is 6.92 Å². The molecule has 6 heteroatoms. The lowest BCUT2D eigenvalue weighted by molar-refractivity contribution is -0.121. The highest BCUT2D eigenvalue weighted by molar-refractivity contribution is 7.92. The Morgan fingerprint density at radius 1 is 1.04 bits per heavy atom. The third-order valence-electron chi connectivity index (χ3n) is 4.12. The van der Waals surface area contributed by atoms with E-state index in [1.807, 2.05) is 19.1 Å². The molecule has 2 aromatic rings. The van der Waals surface area contributed by atoms with E-state index >= 15 is 0 Å². The van der Waals surface area contributed by atoms with Gasteiger partial charge in [0.25, 0.3) is 10.0 Å². The van der Waals surface area contributed by atoms with E-state index in [4.69, 9.17) is 0 Å². The number of carbonyl (C=O) groups excluding carboxylic acids is 1. The van der Waals surface area contributed by atoms with Crippen LogP contribution in [0.1, 0.15) is 30.4 Å². The predicted octanol–water partition coefficient (Wildman–Crippen LogP) is 3.01. The molecule has 0 aliphatic heterocycles. The summed E-state index contributed by atoms with van der Waals surface area (Å²) in [7, 11) is -3.59. The monoisotopic (exact) mass is 358 g/mol. The largest absolute Gasteiger partial charge is 0.353 e. The Morgan fingerprint density at radius 3 is 2.28 bits per heavy atom. The first-order valence-electron chi connectivity index (χ1n) is 8.40. The summed E-state index contributed by atoms with van der Waals surface area (Å²) >= 11 is 0. The van der Waals surface area contributed by atoms with Crippen molar-refractivity contribution < 1.29 is 13.2 Å². The van der Waals surface area contributed by atoms with Gasteiger partial charge in [0.1, 0.15) is 0 Å². The summed E-state index contributed by atoms with van der Waals surface area (Å²) in [5.41, 5.74) is 2.52. The quantitative estimate of drug-likeness (QED) is 0.799. The molecule has 3 rings (SSSR count). The fourth-order valence-corrected chi connectivity index (χ4v) is 3.51. The highest BCUT2D eigenvalue weighted by atomic mass is 32.2. The molecule has 2 aromatic carbocycles. The van der Waals surface area contributed by atoms with Crippen LogP contribution in [0.3, 0.4) is 0 Å². The van der Waals surface area contributed by atoms with Gasteiger partial charge in [-0.2, -0.15) is 0 Å². The van der Waals surface area contributed by atoms with Crippen LogP contribution in [0.25, 0.3) is 0 Å². The van der Waals surface area contributed by atoms with Crippen molar-refractivity contribution >= 4 is 21.6 Å². The number of hydrogen-bond acceptors (Lipinski definition) is 3. The lowest BCUT2D eigenvalue weighted by Gasteiger charge is -2.09.